The fourth-order valence-corrected chi connectivity index (χ4v) is 4.28. The van der Waals surface area contributed by atoms with Crippen molar-refractivity contribution in [3.05, 3.63) is 23.3 Å². The van der Waals surface area contributed by atoms with E-state index in [4.69, 9.17) is 5.26 Å². The van der Waals surface area contributed by atoms with Gasteiger partial charge in [0.2, 0.25) is 0 Å². The lowest BCUT2D eigenvalue weighted by Crippen LogP contribution is -2.41. The summed E-state index contributed by atoms with van der Waals surface area (Å²) in [7, 11) is -3.42. The van der Waals surface area contributed by atoms with Gasteiger partial charge in [-0.15, -0.1) is 0 Å². The van der Waals surface area contributed by atoms with Gasteiger partial charge in [0.25, 0.3) is 0 Å². The monoisotopic (exact) mass is 264 g/mol. The molecule has 1 aromatic rings. The summed E-state index contributed by atoms with van der Waals surface area (Å²) < 4.78 is 25.0. The van der Waals surface area contributed by atoms with Crippen LogP contribution in [0.25, 0.3) is 0 Å². The molecule has 0 radical (unpaired) electrons. The molecule has 96 valence electrons. The van der Waals surface area contributed by atoms with Gasteiger partial charge in [-0.2, -0.15) is 5.26 Å². The van der Waals surface area contributed by atoms with Crippen molar-refractivity contribution in [2.24, 2.45) is 0 Å². The number of nitriles is 1. The van der Waals surface area contributed by atoms with E-state index in [-0.39, 0.29) is 12.5 Å². The Balaban J connectivity index is 2.64. The molecule has 1 N–H and O–H groups in total. The molecule has 1 heterocycles. The third-order valence-corrected chi connectivity index (χ3v) is 5.86. The molecule has 1 aromatic carbocycles. The minimum Gasteiger partial charge on any atom is -0.380 e. The van der Waals surface area contributed by atoms with Gasteiger partial charge in [-0.1, -0.05) is 0 Å². The number of hydrogen-bond donors (Lipinski definition) is 1. The van der Waals surface area contributed by atoms with Crippen LogP contribution in [0.4, 0.5) is 5.69 Å². The van der Waals surface area contributed by atoms with Crippen LogP contribution in [0.15, 0.2) is 17.0 Å². The van der Waals surface area contributed by atoms with Gasteiger partial charge in [-0.3, -0.25) is 0 Å². The standard InChI is InChI=1S/C13H16N2O2S/c1-8-6-11-13(7-9(8)2)18(16,17)12(4-5-14)10(3)15-11/h6-7,10,12,15H,4H2,1-3H3. The molecule has 18 heavy (non-hydrogen) atoms. The lowest BCUT2D eigenvalue weighted by atomic mass is 10.1. The quantitative estimate of drug-likeness (QED) is 0.844. The smallest absolute Gasteiger partial charge is 0.186 e. The van der Waals surface area contributed by atoms with Crippen molar-refractivity contribution in [3.8, 4) is 6.07 Å². The second-order valence-electron chi connectivity index (χ2n) is 4.81. The Morgan fingerprint density at radius 1 is 1.33 bits per heavy atom. The van der Waals surface area contributed by atoms with E-state index in [2.05, 4.69) is 5.32 Å². The normalized spacial score (nSPS) is 24.8. The number of nitrogens with zero attached hydrogens (tertiary/aromatic N) is 1. The van der Waals surface area contributed by atoms with E-state index >= 15 is 0 Å². The second kappa shape index (κ2) is 4.29. The number of rotatable bonds is 1. The molecule has 1 aliphatic heterocycles. The van der Waals surface area contributed by atoms with E-state index in [9.17, 15) is 8.42 Å². The largest absolute Gasteiger partial charge is 0.380 e. The number of aryl methyl sites for hydroxylation is 2. The Hall–Kier alpha value is -1.54. The molecule has 0 fully saturated rings. The van der Waals surface area contributed by atoms with Gasteiger partial charge >= 0.3 is 0 Å². The van der Waals surface area contributed by atoms with Crippen molar-refractivity contribution in [1.29, 1.82) is 5.26 Å². The van der Waals surface area contributed by atoms with E-state index in [0.717, 1.165) is 11.1 Å². The summed E-state index contributed by atoms with van der Waals surface area (Å²) in [5.41, 5.74) is 2.66. The Morgan fingerprint density at radius 2 is 1.94 bits per heavy atom. The number of nitrogens with one attached hydrogen (secondary N) is 1. The van der Waals surface area contributed by atoms with E-state index in [1.165, 1.54) is 0 Å². The third kappa shape index (κ3) is 1.87. The molecule has 0 aliphatic carbocycles. The number of anilines is 1. The average molecular weight is 264 g/mol. The van der Waals surface area contributed by atoms with Crippen molar-refractivity contribution in [2.75, 3.05) is 5.32 Å². The van der Waals surface area contributed by atoms with E-state index in [1.807, 2.05) is 26.0 Å². The van der Waals surface area contributed by atoms with Crippen LogP contribution in [0.2, 0.25) is 0 Å². The molecule has 1 aliphatic rings. The van der Waals surface area contributed by atoms with Gasteiger partial charge in [-0.25, -0.2) is 8.42 Å². The van der Waals surface area contributed by atoms with Gasteiger partial charge in [0.05, 0.1) is 28.3 Å². The molecule has 0 saturated heterocycles. The summed E-state index contributed by atoms with van der Waals surface area (Å²) in [6.45, 7) is 5.65. The lowest BCUT2D eigenvalue weighted by molar-refractivity contribution is 0.560. The van der Waals surface area contributed by atoms with Gasteiger partial charge in [0, 0.05) is 6.04 Å². The van der Waals surface area contributed by atoms with E-state index in [0.29, 0.717) is 10.6 Å². The maximum Gasteiger partial charge on any atom is 0.186 e. The van der Waals surface area contributed by atoms with Crippen molar-refractivity contribution >= 4 is 15.5 Å². The topological polar surface area (TPSA) is 70.0 Å². The van der Waals surface area contributed by atoms with Crippen LogP contribution in [0.1, 0.15) is 24.5 Å². The zero-order valence-electron chi connectivity index (χ0n) is 10.7. The highest BCUT2D eigenvalue weighted by Gasteiger charge is 2.38. The molecule has 0 amide bonds. The fourth-order valence-electron chi connectivity index (χ4n) is 2.28. The molecule has 5 heteroatoms. The molecule has 0 saturated carbocycles. The van der Waals surface area contributed by atoms with Gasteiger partial charge < -0.3 is 5.32 Å². The van der Waals surface area contributed by atoms with Gasteiger partial charge in [0.1, 0.15) is 0 Å². The predicted molar refractivity (Wildman–Crippen MR) is 70.2 cm³/mol. The van der Waals surface area contributed by atoms with Gasteiger partial charge in [0.15, 0.2) is 9.84 Å². The first-order chi connectivity index (χ1) is 8.37. The van der Waals surface area contributed by atoms with Crippen LogP contribution in [-0.2, 0) is 9.84 Å². The SMILES string of the molecule is Cc1cc2c(cc1C)S(=O)(=O)C(CC#N)C(C)N2. The van der Waals surface area contributed by atoms with Crippen LogP contribution in [0, 0.1) is 25.2 Å². The zero-order chi connectivity index (χ0) is 13.5. The van der Waals surface area contributed by atoms with Crippen LogP contribution >= 0.6 is 0 Å². The Bertz CT molecular complexity index is 629. The molecule has 2 rings (SSSR count). The molecule has 2 atom stereocenters. The van der Waals surface area contributed by atoms with Crippen LogP contribution in [-0.4, -0.2) is 19.7 Å². The number of fused-ring (bicyclic) bond motifs is 1. The molecule has 0 aromatic heterocycles. The summed E-state index contributed by atoms with van der Waals surface area (Å²) in [6.07, 6.45) is 0.0167. The van der Waals surface area contributed by atoms with Crippen molar-refractivity contribution in [2.45, 2.75) is 43.4 Å². The van der Waals surface area contributed by atoms with Crippen LogP contribution in [0.3, 0.4) is 0 Å². The molecule has 0 bridgehead atoms. The highest BCUT2D eigenvalue weighted by molar-refractivity contribution is 7.92. The number of hydrogen-bond acceptors (Lipinski definition) is 4. The third-order valence-electron chi connectivity index (χ3n) is 3.53. The fraction of sp³-hybridized carbons (Fsp3) is 0.462. The van der Waals surface area contributed by atoms with Crippen LogP contribution in [0.5, 0.6) is 0 Å². The highest BCUT2D eigenvalue weighted by atomic mass is 32.2. The minimum atomic E-state index is -3.42. The Labute approximate surface area is 108 Å². The van der Waals surface area contributed by atoms with E-state index < -0.39 is 15.1 Å². The number of sulfone groups is 1. The molecular formula is C13H16N2O2S. The summed E-state index contributed by atoms with van der Waals surface area (Å²) in [4.78, 5) is 0.323. The van der Waals surface area contributed by atoms with Gasteiger partial charge in [-0.05, 0) is 44.0 Å². The Morgan fingerprint density at radius 3 is 2.56 bits per heavy atom. The lowest BCUT2D eigenvalue weighted by Gasteiger charge is -2.31. The summed E-state index contributed by atoms with van der Waals surface area (Å²) in [6, 6.07) is 5.28. The minimum absolute atomic E-state index is 0.0167. The van der Waals surface area contributed by atoms with Crippen molar-refractivity contribution in [3.63, 3.8) is 0 Å². The van der Waals surface area contributed by atoms with Crippen molar-refractivity contribution in [1.82, 2.24) is 0 Å². The molecular weight excluding hydrogens is 248 g/mol. The Kier molecular flexibility index (Phi) is 3.07. The first kappa shape index (κ1) is 12.9. The first-order valence-electron chi connectivity index (χ1n) is 5.86. The second-order valence-corrected chi connectivity index (χ2v) is 6.95. The van der Waals surface area contributed by atoms with Crippen LogP contribution < -0.4 is 5.32 Å². The maximum absolute atomic E-state index is 12.5. The summed E-state index contributed by atoms with van der Waals surface area (Å²) in [5.74, 6) is 0. The first-order valence-corrected chi connectivity index (χ1v) is 7.41. The summed E-state index contributed by atoms with van der Waals surface area (Å²) in [5, 5.41) is 11.3. The number of benzene rings is 1. The van der Waals surface area contributed by atoms with E-state index in [1.54, 1.807) is 13.0 Å². The predicted octanol–water partition coefficient (Wildman–Crippen LogP) is 2.17. The zero-order valence-corrected chi connectivity index (χ0v) is 11.5. The molecule has 4 nitrogen and oxygen atoms in total. The maximum atomic E-state index is 12.5. The molecule has 0 spiro atoms. The average Bonchev–Trinajstić information content (AvgIpc) is 2.28. The molecule has 2 unspecified atom stereocenters. The highest BCUT2D eigenvalue weighted by Crippen LogP contribution is 2.35. The van der Waals surface area contributed by atoms with Crippen molar-refractivity contribution < 1.29 is 8.42 Å². The summed E-state index contributed by atoms with van der Waals surface area (Å²) >= 11 is 0.